The summed E-state index contributed by atoms with van der Waals surface area (Å²) < 4.78 is 8.33. The fourth-order valence-electron chi connectivity index (χ4n) is 4.81. The second kappa shape index (κ2) is 13.3. The molecule has 7 nitrogen and oxygen atoms in total. The van der Waals surface area contributed by atoms with Crippen LogP contribution in [0.25, 0.3) is 0 Å². The summed E-state index contributed by atoms with van der Waals surface area (Å²) >= 11 is 0. The normalized spacial score (nSPS) is 18.2. The van der Waals surface area contributed by atoms with Gasteiger partial charge < -0.3 is 19.1 Å². The topological polar surface area (TPSA) is 67.7 Å². The zero-order valence-corrected chi connectivity index (χ0v) is 21.9. The predicted molar refractivity (Wildman–Crippen MR) is 139 cm³/mol. The Kier molecular flexibility index (Phi) is 10.2. The molecule has 0 aliphatic carbocycles. The van der Waals surface area contributed by atoms with Crippen LogP contribution >= 0.6 is 0 Å². The zero-order chi connectivity index (χ0) is 25.2. The molecule has 2 heterocycles. The Balaban J connectivity index is 1.83. The number of hydrogen-bond donors (Lipinski definition) is 0. The molecular formula is C28H42N4O3. The SMILES string of the molecule is CCN1CCCCCCN(C(=O)CCn2ccnc2C)[C@@H](CC(C)C)COc2ccccc2C1=O. The van der Waals surface area contributed by atoms with Gasteiger partial charge in [0.05, 0.1) is 11.6 Å². The number of imidazole rings is 1. The molecule has 1 aromatic carbocycles. The zero-order valence-electron chi connectivity index (χ0n) is 21.9. The average molecular weight is 483 g/mol. The Labute approximate surface area is 210 Å². The molecular weight excluding hydrogens is 440 g/mol. The number of hydrogen-bond acceptors (Lipinski definition) is 4. The third kappa shape index (κ3) is 7.58. The molecule has 2 amide bonds. The summed E-state index contributed by atoms with van der Waals surface area (Å²) in [6.07, 6.45) is 9.00. The minimum Gasteiger partial charge on any atom is -0.491 e. The molecule has 0 saturated heterocycles. The minimum absolute atomic E-state index is 0.0178. The maximum atomic E-state index is 13.5. The number of nitrogens with zero attached hydrogens (tertiary/aromatic N) is 4. The van der Waals surface area contributed by atoms with Crippen molar-refractivity contribution in [2.45, 2.75) is 78.8 Å². The fourth-order valence-corrected chi connectivity index (χ4v) is 4.81. The standard InChI is InChI=1S/C28H42N4O3/c1-5-30-16-10-6-7-11-17-32(27(33)14-18-31-19-15-29-23(31)4)24(20-22(2)3)21-35-26-13-9-8-12-25(26)28(30)34/h8-9,12-13,15,19,22,24H,5-7,10-11,14,16-18,20-21H2,1-4H3/t24-/m0/s1. The summed E-state index contributed by atoms with van der Waals surface area (Å²) in [7, 11) is 0. The predicted octanol–water partition coefficient (Wildman–Crippen LogP) is 4.94. The third-order valence-corrected chi connectivity index (χ3v) is 6.79. The average Bonchev–Trinajstić information content (AvgIpc) is 3.26. The molecule has 0 saturated carbocycles. The molecule has 0 fully saturated rings. The number of rotatable bonds is 6. The van der Waals surface area contributed by atoms with Gasteiger partial charge in [-0.15, -0.1) is 0 Å². The lowest BCUT2D eigenvalue weighted by Gasteiger charge is -2.34. The fraction of sp³-hybridized carbons (Fsp3) is 0.607. The number of benzene rings is 1. The first-order valence-corrected chi connectivity index (χ1v) is 13.2. The van der Waals surface area contributed by atoms with Crippen LogP contribution in [0.4, 0.5) is 0 Å². The van der Waals surface area contributed by atoms with E-state index in [0.29, 0.717) is 43.3 Å². The van der Waals surface area contributed by atoms with E-state index in [1.807, 2.05) is 58.7 Å². The van der Waals surface area contributed by atoms with E-state index in [2.05, 4.69) is 18.8 Å². The summed E-state index contributed by atoms with van der Waals surface area (Å²) in [5, 5.41) is 0. The van der Waals surface area contributed by atoms with Crippen LogP contribution in [0.1, 0.15) is 75.5 Å². The van der Waals surface area contributed by atoms with Crippen molar-refractivity contribution in [1.82, 2.24) is 19.4 Å². The molecule has 0 unspecified atom stereocenters. The number of para-hydroxylation sites is 1. The molecule has 1 atom stereocenters. The van der Waals surface area contributed by atoms with Gasteiger partial charge in [-0.1, -0.05) is 38.8 Å². The molecule has 192 valence electrons. The molecule has 3 rings (SSSR count). The third-order valence-electron chi connectivity index (χ3n) is 6.79. The maximum absolute atomic E-state index is 13.5. The quantitative estimate of drug-likeness (QED) is 0.585. The summed E-state index contributed by atoms with van der Waals surface area (Å²) in [5.74, 6) is 2.11. The summed E-state index contributed by atoms with van der Waals surface area (Å²) in [6.45, 7) is 11.5. The number of ether oxygens (including phenoxy) is 1. The van der Waals surface area contributed by atoms with Gasteiger partial charge in [0.1, 0.15) is 18.2 Å². The molecule has 7 heteroatoms. The Hall–Kier alpha value is -2.83. The molecule has 0 bridgehead atoms. The second-order valence-corrected chi connectivity index (χ2v) is 9.89. The van der Waals surface area contributed by atoms with Crippen LogP contribution in [0.15, 0.2) is 36.7 Å². The van der Waals surface area contributed by atoms with Crippen molar-refractivity contribution >= 4 is 11.8 Å². The van der Waals surface area contributed by atoms with Gasteiger partial charge in [-0.3, -0.25) is 9.59 Å². The number of aromatic nitrogens is 2. The van der Waals surface area contributed by atoms with Crippen molar-refractivity contribution in [2.24, 2.45) is 5.92 Å². The van der Waals surface area contributed by atoms with Crippen molar-refractivity contribution < 1.29 is 14.3 Å². The number of carbonyl (C=O) groups is 2. The van der Waals surface area contributed by atoms with Crippen molar-refractivity contribution in [3.8, 4) is 5.75 Å². The molecule has 0 N–H and O–H groups in total. The first-order valence-electron chi connectivity index (χ1n) is 13.2. The molecule has 35 heavy (non-hydrogen) atoms. The summed E-state index contributed by atoms with van der Waals surface area (Å²) in [4.78, 5) is 35.0. The van der Waals surface area contributed by atoms with E-state index in [4.69, 9.17) is 4.74 Å². The van der Waals surface area contributed by atoms with Gasteiger partial charge in [0.2, 0.25) is 5.91 Å². The van der Waals surface area contributed by atoms with E-state index in [1.54, 1.807) is 6.20 Å². The van der Waals surface area contributed by atoms with Crippen molar-refractivity contribution in [3.63, 3.8) is 0 Å². The number of fused-ring (bicyclic) bond motifs is 1. The smallest absolute Gasteiger partial charge is 0.257 e. The second-order valence-electron chi connectivity index (χ2n) is 9.89. The van der Waals surface area contributed by atoms with E-state index in [0.717, 1.165) is 51.0 Å². The molecule has 1 aliphatic rings. The molecule has 2 aromatic rings. The van der Waals surface area contributed by atoms with Crippen molar-refractivity contribution in [2.75, 3.05) is 26.2 Å². The molecule has 0 radical (unpaired) electrons. The summed E-state index contributed by atoms with van der Waals surface area (Å²) in [5.41, 5.74) is 0.600. The monoisotopic (exact) mass is 482 g/mol. The van der Waals surface area contributed by atoms with Crippen molar-refractivity contribution in [1.29, 1.82) is 0 Å². The Morgan fingerprint density at radius 1 is 1.14 bits per heavy atom. The lowest BCUT2D eigenvalue weighted by atomic mass is 10.0. The maximum Gasteiger partial charge on any atom is 0.257 e. The number of aryl methyl sites for hydroxylation is 2. The van der Waals surface area contributed by atoms with E-state index in [1.165, 1.54) is 0 Å². The highest BCUT2D eigenvalue weighted by atomic mass is 16.5. The van der Waals surface area contributed by atoms with E-state index >= 15 is 0 Å². The number of amides is 2. The van der Waals surface area contributed by atoms with Gasteiger partial charge in [0.15, 0.2) is 0 Å². The lowest BCUT2D eigenvalue weighted by Crippen LogP contribution is -2.45. The van der Waals surface area contributed by atoms with E-state index in [9.17, 15) is 9.59 Å². The largest absolute Gasteiger partial charge is 0.491 e. The van der Waals surface area contributed by atoms with Crippen LogP contribution in [0.5, 0.6) is 5.75 Å². The minimum atomic E-state index is -0.0419. The van der Waals surface area contributed by atoms with Crippen LogP contribution in [0, 0.1) is 12.8 Å². The molecule has 1 aromatic heterocycles. The number of carbonyl (C=O) groups excluding carboxylic acids is 2. The van der Waals surface area contributed by atoms with E-state index in [-0.39, 0.29) is 17.9 Å². The highest BCUT2D eigenvalue weighted by Gasteiger charge is 2.26. The van der Waals surface area contributed by atoms with Gasteiger partial charge in [0, 0.05) is 45.0 Å². The van der Waals surface area contributed by atoms with Crippen LogP contribution in [-0.2, 0) is 11.3 Å². The van der Waals surface area contributed by atoms with Crippen molar-refractivity contribution in [3.05, 3.63) is 48.0 Å². The molecule has 0 spiro atoms. The lowest BCUT2D eigenvalue weighted by molar-refractivity contribution is -0.135. The Morgan fingerprint density at radius 2 is 1.89 bits per heavy atom. The highest BCUT2D eigenvalue weighted by Crippen LogP contribution is 2.23. The first-order chi connectivity index (χ1) is 16.9. The van der Waals surface area contributed by atoms with Crippen LogP contribution in [0.3, 0.4) is 0 Å². The molecule has 1 aliphatic heterocycles. The highest BCUT2D eigenvalue weighted by molar-refractivity contribution is 5.96. The van der Waals surface area contributed by atoms with Gasteiger partial charge in [-0.05, 0) is 51.2 Å². The van der Waals surface area contributed by atoms with Crippen LogP contribution in [-0.4, -0.2) is 63.4 Å². The van der Waals surface area contributed by atoms with Gasteiger partial charge >= 0.3 is 0 Å². The van der Waals surface area contributed by atoms with Gasteiger partial charge in [-0.2, -0.15) is 0 Å². The van der Waals surface area contributed by atoms with Gasteiger partial charge in [0.25, 0.3) is 5.91 Å². The van der Waals surface area contributed by atoms with E-state index < -0.39 is 0 Å². The summed E-state index contributed by atoms with van der Waals surface area (Å²) in [6, 6.07) is 7.46. The first kappa shape index (κ1) is 26.8. The van der Waals surface area contributed by atoms with Gasteiger partial charge in [-0.25, -0.2) is 4.98 Å². The Bertz CT molecular complexity index is 955. The van der Waals surface area contributed by atoms with Crippen LogP contribution < -0.4 is 4.74 Å². The van der Waals surface area contributed by atoms with Crippen LogP contribution in [0.2, 0.25) is 0 Å². The Morgan fingerprint density at radius 3 is 2.57 bits per heavy atom.